The molecule has 12 nitrogen and oxygen atoms in total. The summed E-state index contributed by atoms with van der Waals surface area (Å²) >= 11 is 5.12. The molecular formula is C28H28BrN7O5S. The van der Waals surface area contributed by atoms with Crippen LogP contribution in [0.5, 0.6) is 11.5 Å². The number of nitrogen functional groups attached to an aromatic ring is 1. The number of aryl methyl sites for hydroxylation is 1. The highest BCUT2D eigenvalue weighted by Crippen LogP contribution is 2.43. The topological polar surface area (TPSA) is 148 Å². The van der Waals surface area contributed by atoms with Crippen molar-refractivity contribution in [2.24, 2.45) is 5.92 Å². The van der Waals surface area contributed by atoms with E-state index in [9.17, 15) is 9.59 Å². The standard InChI is InChI=1S/C28H28BrN7O5S/c1-16(41-27(38)18-3-2-7-31-13-18)26(37)35-8-4-17(5-9-35)6-10-36-25-23(24(30)32-14-33-25)34-28(36)42-22-12-21-20(11-19(22)29)39-15-40-21/h2-3,7,11-14,16-17H,4-6,8-10,15H2,1H3,(H2,30,32,33). The number of hydrogen-bond donors (Lipinski definition) is 1. The molecule has 2 aliphatic heterocycles. The lowest BCUT2D eigenvalue weighted by Gasteiger charge is -2.33. The summed E-state index contributed by atoms with van der Waals surface area (Å²) in [6, 6.07) is 7.08. The summed E-state index contributed by atoms with van der Waals surface area (Å²) in [5, 5.41) is 0.744. The molecule has 5 heterocycles. The number of carbonyl (C=O) groups excluding carboxylic acids is 2. The number of imidazole rings is 1. The molecule has 1 atom stereocenters. The van der Waals surface area contributed by atoms with Gasteiger partial charge in [0.15, 0.2) is 39.7 Å². The Balaban J connectivity index is 1.10. The lowest BCUT2D eigenvalue weighted by molar-refractivity contribution is -0.141. The van der Waals surface area contributed by atoms with Crippen LogP contribution in [-0.4, -0.2) is 67.3 Å². The van der Waals surface area contributed by atoms with Crippen molar-refractivity contribution in [2.75, 3.05) is 25.6 Å². The Hall–Kier alpha value is -3.91. The molecule has 1 fully saturated rings. The number of halogens is 1. The number of nitrogens with two attached hydrogens (primary N) is 1. The molecule has 0 spiro atoms. The number of pyridine rings is 1. The van der Waals surface area contributed by atoms with E-state index >= 15 is 0 Å². The Bertz CT molecular complexity index is 1630. The molecule has 14 heteroatoms. The zero-order valence-corrected chi connectivity index (χ0v) is 25.1. The van der Waals surface area contributed by atoms with Crippen molar-refractivity contribution in [2.45, 2.75) is 48.9 Å². The van der Waals surface area contributed by atoms with E-state index in [0.717, 1.165) is 33.8 Å². The van der Waals surface area contributed by atoms with E-state index in [1.807, 2.05) is 12.1 Å². The minimum Gasteiger partial charge on any atom is -0.454 e. The molecule has 218 valence electrons. The fraction of sp³-hybridized carbons (Fsp3) is 0.357. The molecule has 0 radical (unpaired) electrons. The molecule has 1 saturated heterocycles. The minimum absolute atomic E-state index is 0.188. The predicted molar refractivity (Wildman–Crippen MR) is 157 cm³/mol. The summed E-state index contributed by atoms with van der Waals surface area (Å²) in [5.74, 6) is 1.36. The van der Waals surface area contributed by atoms with Crippen LogP contribution < -0.4 is 15.2 Å². The van der Waals surface area contributed by atoms with Crippen LogP contribution in [-0.2, 0) is 16.1 Å². The first-order valence-electron chi connectivity index (χ1n) is 13.5. The molecule has 0 saturated carbocycles. The second-order valence-corrected chi connectivity index (χ2v) is 11.9. The van der Waals surface area contributed by atoms with Crippen LogP contribution in [0.4, 0.5) is 5.82 Å². The molecular weight excluding hydrogens is 626 g/mol. The van der Waals surface area contributed by atoms with Crippen molar-refractivity contribution >= 4 is 56.6 Å². The molecule has 0 aliphatic carbocycles. The van der Waals surface area contributed by atoms with Crippen molar-refractivity contribution < 1.29 is 23.8 Å². The van der Waals surface area contributed by atoms with E-state index in [0.29, 0.717) is 59.6 Å². The number of rotatable bonds is 8. The van der Waals surface area contributed by atoms with Gasteiger partial charge in [0.2, 0.25) is 6.79 Å². The van der Waals surface area contributed by atoms with Crippen molar-refractivity contribution in [1.29, 1.82) is 0 Å². The zero-order valence-electron chi connectivity index (χ0n) is 22.7. The minimum atomic E-state index is -0.869. The third-order valence-electron chi connectivity index (χ3n) is 7.37. The molecule has 2 aliphatic rings. The highest BCUT2D eigenvalue weighted by atomic mass is 79.9. The Morgan fingerprint density at radius 1 is 1.21 bits per heavy atom. The van der Waals surface area contributed by atoms with Gasteiger partial charge in [-0.3, -0.25) is 9.78 Å². The summed E-state index contributed by atoms with van der Waals surface area (Å²) in [5.41, 5.74) is 7.71. The highest BCUT2D eigenvalue weighted by Gasteiger charge is 2.29. The van der Waals surface area contributed by atoms with Crippen LogP contribution in [0.25, 0.3) is 11.2 Å². The summed E-state index contributed by atoms with van der Waals surface area (Å²) in [7, 11) is 0. The maximum absolute atomic E-state index is 13.0. The molecule has 1 unspecified atom stereocenters. The normalized spacial score (nSPS) is 15.6. The number of nitrogens with zero attached hydrogens (tertiary/aromatic N) is 6. The number of amides is 1. The molecule has 2 N–H and O–H groups in total. The second-order valence-electron chi connectivity index (χ2n) is 10.1. The van der Waals surface area contributed by atoms with Gasteiger partial charge in [-0.2, -0.15) is 0 Å². The van der Waals surface area contributed by atoms with Crippen molar-refractivity contribution in [3.8, 4) is 11.5 Å². The number of piperidine rings is 1. The molecule has 4 aromatic rings. The van der Waals surface area contributed by atoms with Crippen LogP contribution in [0.1, 0.15) is 36.5 Å². The highest BCUT2D eigenvalue weighted by molar-refractivity contribution is 9.10. The van der Waals surface area contributed by atoms with Crippen molar-refractivity contribution in [3.05, 3.63) is 53.0 Å². The number of fused-ring (bicyclic) bond motifs is 2. The van der Waals surface area contributed by atoms with Gasteiger partial charge < -0.3 is 29.4 Å². The van der Waals surface area contributed by atoms with Crippen LogP contribution in [0, 0.1) is 5.92 Å². The van der Waals surface area contributed by atoms with E-state index in [2.05, 4.69) is 35.4 Å². The number of ether oxygens (including phenoxy) is 3. The molecule has 1 amide bonds. The van der Waals surface area contributed by atoms with E-state index in [4.69, 9.17) is 24.9 Å². The number of benzene rings is 1. The van der Waals surface area contributed by atoms with Crippen molar-refractivity contribution in [3.63, 3.8) is 0 Å². The van der Waals surface area contributed by atoms with Gasteiger partial charge in [-0.25, -0.2) is 19.7 Å². The number of carbonyl (C=O) groups is 2. The fourth-order valence-corrected chi connectivity index (χ4v) is 6.57. The summed E-state index contributed by atoms with van der Waals surface area (Å²) in [6.07, 6.45) is 6.14. The SMILES string of the molecule is CC(OC(=O)c1cccnc1)C(=O)N1CCC(CCn2c(Sc3cc4c(cc3Br)OCO4)nc3c(N)ncnc32)CC1. The monoisotopic (exact) mass is 653 g/mol. The number of aromatic nitrogens is 5. The Labute approximate surface area is 254 Å². The predicted octanol–water partition coefficient (Wildman–Crippen LogP) is 4.32. The van der Waals surface area contributed by atoms with Gasteiger partial charge in [0.25, 0.3) is 5.91 Å². The quantitative estimate of drug-likeness (QED) is 0.271. The van der Waals surface area contributed by atoms with Crippen molar-refractivity contribution in [1.82, 2.24) is 29.4 Å². The maximum Gasteiger partial charge on any atom is 0.340 e. The average Bonchev–Trinajstić information content (AvgIpc) is 3.61. The van der Waals surface area contributed by atoms with E-state index in [1.54, 1.807) is 30.2 Å². The van der Waals surface area contributed by atoms with E-state index in [1.165, 1.54) is 24.3 Å². The van der Waals surface area contributed by atoms with E-state index in [-0.39, 0.29) is 12.7 Å². The first kappa shape index (κ1) is 28.2. The second kappa shape index (κ2) is 12.1. The third kappa shape index (κ3) is 5.86. The molecule has 0 bridgehead atoms. The molecule has 3 aromatic heterocycles. The molecule has 42 heavy (non-hydrogen) atoms. The Kier molecular flexibility index (Phi) is 8.16. The number of esters is 1. The fourth-order valence-electron chi connectivity index (χ4n) is 5.06. The van der Waals surface area contributed by atoms with Gasteiger partial charge in [0.1, 0.15) is 6.33 Å². The molecule has 1 aromatic carbocycles. The lowest BCUT2D eigenvalue weighted by atomic mass is 9.93. The number of likely N-dealkylation sites (tertiary alicyclic amines) is 1. The summed E-state index contributed by atoms with van der Waals surface area (Å²) < 4.78 is 19.4. The maximum atomic E-state index is 13.0. The lowest BCUT2D eigenvalue weighted by Crippen LogP contribution is -2.44. The summed E-state index contributed by atoms with van der Waals surface area (Å²) in [6.45, 7) is 3.68. The van der Waals surface area contributed by atoms with Gasteiger partial charge in [0.05, 0.1) is 5.56 Å². The smallest absolute Gasteiger partial charge is 0.340 e. The van der Waals surface area contributed by atoms with Gasteiger partial charge >= 0.3 is 5.97 Å². The van der Waals surface area contributed by atoms with Gasteiger partial charge in [-0.1, -0.05) is 11.8 Å². The first-order chi connectivity index (χ1) is 20.4. The Morgan fingerprint density at radius 3 is 2.76 bits per heavy atom. The number of hydrogen-bond acceptors (Lipinski definition) is 11. The van der Waals surface area contributed by atoms with Crippen LogP contribution >= 0.6 is 27.7 Å². The Morgan fingerprint density at radius 2 is 2.00 bits per heavy atom. The summed E-state index contributed by atoms with van der Waals surface area (Å²) in [4.78, 5) is 45.4. The largest absolute Gasteiger partial charge is 0.454 e. The first-order valence-corrected chi connectivity index (χ1v) is 15.1. The average molecular weight is 655 g/mol. The van der Waals surface area contributed by atoms with Crippen LogP contribution in [0.15, 0.2) is 57.5 Å². The van der Waals surface area contributed by atoms with Crippen LogP contribution in [0.2, 0.25) is 0 Å². The van der Waals surface area contributed by atoms with Gasteiger partial charge in [-0.05, 0) is 72.3 Å². The molecule has 6 rings (SSSR count). The zero-order chi connectivity index (χ0) is 29.2. The van der Waals surface area contributed by atoms with Crippen LogP contribution in [0.3, 0.4) is 0 Å². The third-order valence-corrected chi connectivity index (χ3v) is 9.34. The van der Waals surface area contributed by atoms with E-state index < -0.39 is 12.1 Å². The number of anilines is 1. The van der Waals surface area contributed by atoms with Gasteiger partial charge in [-0.15, -0.1) is 0 Å². The van der Waals surface area contributed by atoms with Gasteiger partial charge in [0, 0.05) is 41.4 Å².